The van der Waals surface area contributed by atoms with Crippen molar-refractivity contribution in [3.8, 4) is 5.75 Å². The molecule has 0 aliphatic rings. The van der Waals surface area contributed by atoms with Gasteiger partial charge in [0.2, 0.25) is 0 Å². The van der Waals surface area contributed by atoms with Gasteiger partial charge in [-0.3, -0.25) is 0 Å². The molecule has 0 saturated heterocycles. The first-order valence-electron chi connectivity index (χ1n) is 5.92. The Morgan fingerprint density at radius 2 is 2.00 bits per heavy atom. The number of aryl methyl sites for hydroxylation is 1. The normalized spacial score (nSPS) is 10.6. The molecule has 0 fully saturated rings. The van der Waals surface area contributed by atoms with E-state index in [9.17, 15) is 4.39 Å². The Balaban J connectivity index is 2.10. The molecule has 1 aromatic carbocycles. The summed E-state index contributed by atoms with van der Waals surface area (Å²) in [5.41, 5.74) is 6.27. The summed E-state index contributed by atoms with van der Waals surface area (Å²) in [6, 6.07) is 8.91. The van der Waals surface area contributed by atoms with Crippen molar-refractivity contribution in [3.63, 3.8) is 0 Å². The standard InChI is InChI=1S/C14H16FNOS/c1-2-11-6-7-12(18-11)9-17-14-10(8-16)4-3-5-13(14)15/h3-7H,2,8-9,16H2,1H3. The lowest BCUT2D eigenvalue weighted by Crippen LogP contribution is -2.03. The van der Waals surface area contributed by atoms with Crippen LogP contribution in [0.3, 0.4) is 0 Å². The van der Waals surface area contributed by atoms with Crippen molar-refractivity contribution in [2.45, 2.75) is 26.5 Å². The van der Waals surface area contributed by atoms with Gasteiger partial charge in [-0.05, 0) is 24.6 Å². The molecule has 0 saturated carbocycles. The fourth-order valence-corrected chi connectivity index (χ4v) is 2.58. The first-order chi connectivity index (χ1) is 8.74. The van der Waals surface area contributed by atoms with Crippen LogP contribution in [0, 0.1) is 5.82 Å². The summed E-state index contributed by atoms with van der Waals surface area (Å²) in [6.45, 7) is 2.77. The second-order valence-electron chi connectivity index (χ2n) is 3.94. The van der Waals surface area contributed by atoms with Crippen LogP contribution in [0.2, 0.25) is 0 Å². The Hall–Kier alpha value is -1.39. The molecule has 2 rings (SSSR count). The maximum atomic E-state index is 13.6. The molecule has 0 amide bonds. The van der Waals surface area contributed by atoms with E-state index < -0.39 is 0 Å². The van der Waals surface area contributed by atoms with Crippen LogP contribution in [-0.2, 0) is 19.6 Å². The van der Waals surface area contributed by atoms with Crippen molar-refractivity contribution in [1.29, 1.82) is 0 Å². The number of para-hydroxylation sites is 1. The van der Waals surface area contributed by atoms with Crippen LogP contribution in [0.1, 0.15) is 22.2 Å². The van der Waals surface area contributed by atoms with Crippen LogP contribution in [0.4, 0.5) is 4.39 Å². The number of thiophene rings is 1. The highest BCUT2D eigenvalue weighted by molar-refractivity contribution is 7.11. The van der Waals surface area contributed by atoms with Gasteiger partial charge in [0, 0.05) is 21.9 Å². The Morgan fingerprint density at radius 1 is 1.22 bits per heavy atom. The molecule has 2 aromatic rings. The van der Waals surface area contributed by atoms with Crippen molar-refractivity contribution >= 4 is 11.3 Å². The molecule has 96 valence electrons. The van der Waals surface area contributed by atoms with Crippen molar-refractivity contribution in [3.05, 3.63) is 51.5 Å². The smallest absolute Gasteiger partial charge is 0.165 e. The highest BCUT2D eigenvalue weighted by atomic mass is 32.1. The number of hydrogen-bond acceptors (Lipinski definition) is 3. The van der Waals surface area contributed by atoms with Crippen LogP contribution in [0.5, 0.6) is 5.75 Å². The predicted molar refractivity (Wildman–Crippen MR) is 72.3 cm³/mol. The molecule has 0 unspecified atom stereocenters. The molecule has 18 heavy (non-hydrogen) atoms. The van der Waals surface area contributed by atoms with E-state index in [0.29, 0.717) is 12.2 Å². The van der Waals surface area contributed by atoms with Gasteiger partial charge in [0.15, 0.2) is 11.6 Å². The van der Waals surface area contributed by atoms with Crippen LogP contribution in [0.25, 0.3) is 0 Å². The topological polar surface area (TPSA) is 35.2 Å². The van der Waals surface area contributed by atoms with E-state index in [2.05, 4.69) is 13.0 Å². The zero-order valence-corrected chi connectivity index (χ0v) is 11.1. The highest BCUT2D eigenvalue weighted by Crippen LogP contribution is 2.25. The fourth-order valence-electron chi connectivity index (χ4n) is 1.71. The van der Waals surface area contributed by atoms with E-state index in [1.807, 2.05) is 6.07 Å². The Bertz CT molecular complexity index is 524. The number of benzene rings is 1. The summed E-state index contributed by atoms with van der Waals surface area (Å²) in [4.78, 5) is 2.40. The average Bonchev–Trinajstić information content (AvgIpc) is 2.85. The monoisotopic (exact) mass is 265 g/mol. The summed E-state index contributed by atoms with van der Waals surface area (Å²) in [6.07, 6.45) is 1.01. The number of hydrogen-bond donors (Lipinski definition) is 1. The zero-order valence-electron chi connectivity index (χ0n) is 10.3. The van der Waals surface area contributed by atoms with Gasteiger partial charge in [0.25, 0.3) is 0 Å². The summed E-state index contributed by atoms with van der Waals surface area (Å²) >= 11 is 1.69. The van der Waals surface area contributed by atoms with Crippen LogP contribution >= 0.6 is 11.3 Å². The zero-order chi connectivity index (χ0) is 13.0. The van der Waals surface area contributed by atoms with E-state index in [4.69, 9.17) is 10.5 Å². The second kappa shape index (κ2) is 5.98. The third-order valence-electron chi connectivity index (χ3n) is 2.69. The Labute approximate surface area is 110 Å². The van der Waals surface area contributed by atoms with Gasteiger partial charge in [-0.2, -0.15) is 0 Å². The molecular formula is C14H16FNOS. The fraction of sp³-hybridized carbons (Fsp3) is 0.286. The Kier molecular flexibility index (Phi) is 4.33. The molecule has 0 aliphatic heterocycles. The van der Waals surface area contributed by atoms with Crippen molar-refractivity contribution < 1.29 is 9.13 Å². The molecule has 1 heterocycles. The molecular weight excluding hydrogens is 249 g/mol. The minimum absolute atomic E-state index is 0.270. The van der Waals surface area contributed by atoms with E-state index in [1.54, 1.807) is 23.5 Å². The van der Waals surface area contributed by atoms with Crippen LogP contribution in [0.15, 0.2) is 30.3 Å². The maximum absolute atomic E-state index is 13.6. The summed E-state index contributed by atoms with van der Waals surface area (Å²) in [5, 5.41) is 0. The van der Waals surface area contributed by atoms with Crippen molar-refractivity contribution in [1.82, 2.24) is 0 Å². The van der Waals surface area contributed by atoms with E-state index in [1.165, 1.54) is 10.9 Å². The van der Waals surface area contributed by atoms with Crippen molar-refractivity contribution in [2.75, 3.05) is 0 Å². The van der Waals surface area contributed by atoms with E-state index in [0.717, 1.165) is 11.3 Å². The lowest BCUT2D eigenvalue weighted by Gasteiger charge is -2.10. The number of nitrogens with two attached hydrogens (primary N) is 1. The SMILES string of the molecule is CCc1ccc(COc2c(F)cccc2CN)s1. The number of rotatable bonds is 5. The van der Waals surface area contributed by atoms with Gasteiger partial charge in [0.1, 0.15) is 6.61 Å². The molecule has 2 nitrogen and oxygen atoms in total. The summed E-state index contributed by atoms with van der Waals surface area (Å²) in [7, 11) is 0. The molecule has 0 atom stereocenters. The van der Waals surface area contributed by atoms with Crippen LogP contribution in [-0.4, -0.2) is 0 Å². The van der Waals surface area contributed by atoms with Crippen LogP contribution < -0.4 is 10.5 Å². The van der Waals surface area contributed by atoms with Gasteiger partial charge >= 0.3 is 0 Å². The Morgan fingerprint density at radius 3 is 2.67 bits per heavy atom. The molecule has 0 aliphatic carbocycles. The molecule has 4 heteroatoms. The maximum Gasteiger partial charge on any atom is 0.165 e. The lowest BCUT2D eigenvalue weighted by molar-refractivity contribution is 0.290. The van der Waals surface area contributed by atoms with Gasteiger partial charge in [-0.25, -0.2) is 4.39 Å². The molecule has 0 bridgehead atoms. The first-order valence-corrected chi connectivity index (χ1v) is 6.74. The molecule has 2 N–H and O–H groups in total. The largest absolute Gasteiger partial charge is 0.485 e. The molecule has 1 aromatic heterocycles. The molecule has 0 radical (unpaired) electrons. The number of ether oxygens (including phenoxy) is 1. The highest BCUT2D eigenvalue weighted by Gasteiger charge is 2.09. The minimum atomic E-state index is -0.356. The minimum Gasteiger partial charge on any atom is -0.485 e. The third-order valence-corrected chi connectivity index (χ3v) is 3.90. The number of halogens is 1. The first kappa shape index (κ1) is 13.1. The van der Waals surface area contributed by atoms with E-state index in [-0.39, 0.29) is 18.1 Å². The van der Waals surface area contributed by atoms with Gasteiger partial charge in [-0.1, -0.05) is 19.1 Å². The van der Waals surface area contributed by atoms with Gasteiger partial charge in [0.05, 0.1) is 0 Å². The predicted octanol–water partition coefficient (Wildman–Crippen LogP) is 3.49. The van der Waals surface area contributed by atoms with Crippen molar-refractivity contribution in [2.24, 2.45) is 5.73 Å². The quantitative estimate of drug-likeness (QED) is 0.898. The van der Waals surface area contributed by atoms with E-state index >= 15 is 0 Å². The second-order valence-corrected chi connectivity index (χ2v) is 5.20. The summed E-state index contributed by atoms with van der Waals surface area (Å²) in [5.74, 6) is -0.0864. The van der Waals surface area contributed by atoms with Gasteiger partial charge < -0.3 is 10.5 Å². The average molecular weight is 265 g/mol. The van der Waals surface area contributed by atoms with Gasteiger partial charge in [-0.15, -0.1) is 11.3 Å². The third kappa shape index (κ3) is 2.89. The lowest BCUT2D eigenvalue weighted by atomic mass is 10.2. The summed E-state index contributed by atoms with van der Waals surface area (Å²) < 4.78 is 19.2. The molecule has 0 spiro atoms.